The first kappa shape index (κ1) is 22.2. The van der Waals surface area contributed by atoms with Crippen molar-refractivity contribution in [2.75, 3.05) is 19.6 Å². The van der Waals surface area contributed by atoms with E-state index in [-0.39, 0.29) is 5.91 Å². The van der Waals surface area contributed by atoms with E-state index in [1.165, 1.54) is 27.8 Å². The minimum absolute atomic E-state index is 0.274. The van der Waals surface area contributed by atoms with E-state index in [4.69, 9.17) is 4.99 Å². The fraction of sp³-hybridized carbons (Fsp3) is 0.367. The number of benzene rings is 2. The summed E-state index contributed by atoms with van der Waals surface area (Å²) >= 11 is 0. The molecule has 5 nitrogen and oxygen atoms in total. The quantitative estimate of drug-likeness (QED) is 0.565. The molecule has 0 aliphatic carbocycles. The predicted molar refractivity (Wildman–Crippen MR) is 139 cm³/mol. The molecular weight excluding hydrogens is 432 g/mol. The Morgan fingerprint density at radius 2 is 1.91 bits per heavy atom. The number of hydrogen-bond acceptors (Lipinski definition) is 4. The number of amides is 1. The number of nitrogens with zero attached hydrogens (tertiary/aromatic N) is 4. The van der Waals surface area contributed by atoms with Gasteiger partial charge in [0, 0.05) is 48.7 Å². The van der Waals surface area contributed by atoms with Crippen molar-refractivity contribution in [3.05, 3.63) is 99.9 Å². The minimum Gasteiger partial charge on any atom is -0.334 e. The number of aliphatic imine (C=N–C) groups is 1. The van der Waals surface area contributed by atoms with Gasteiger partial charge in [0.25, 0.3) is 0 Å². The fourth-order valence-corrected chi connectivity index (χ4v) is 5.88. The number of pyridine rings is 1. The van der Waals surface area contributed by atoms with Crippen LogP contribution in [0.25, 0.3) is 0 Å². The van der Waals surface area contributed by atoms with Crippen molar-refractivity contribution in [2.45, 2.75) is 51.7 Å². The molecule has 178 valence electrons. The van der Waals surface area contributed by atoms with Crippen LogP contribution in [0, 0.1) is 6.92 Å². The molecule has 0 radical (unpaired) electrons. The van der Waals surface area contributed by atoms with E-state index in [0.29, 0.717) is 25.6 Å². The maximum Gasteiger partial charge on any atom is 0.227 e. The van der Waals surface area contributed by atoms with Crippen LogP contribution < -0.4 is 0 Å². The number of hydrogen-bond donors (Lipinski definition) is 0. The molecule has 35 heavy (non-hydrogen) atoms. The Kier molecular flexibility index (Phi) is 5.95. The fourth-order valence-electron chi connectivity index (χ4n) is 5.88. The van der Waals surface area contributed by atoms with Gasteiger partial charge in [-0.2, -0.15) is 0 Å². The highest BCUT2D eigenvalue weighted by atomic mass is 16.2. The topological polar surface area (TPSA) is 48.8 Å². The van der Waals surface area contributed by atoms with Gasteiger partial charge in [-0.25, -0.2) is 0 Å². The van der Waals surface area contributed by atoms with Crippen LogP contribution in [0.5, 0.6) is 0 Å². The normalized spacial score (nSPS) is 19.9. The second kappa shape index (κ2) is 9.38. The van der Waals surface area contributed by atoms with E-state index in [0.717, 1.165) is 55.9 Å². The van der Waals surface area contributed by atoms with Crippen LogP contribution in [0.4, 0.5) is 0 Å². The smallest absolute Gasteiger partial charge is 0.227 e. The minimum atomic E-state index is 0.274. The molecule has 6 rings (SSSR count). The van der Waals surface area contributed by atoms with E-state index in [1.54, 1.807) is 0 Å². The first-order chi connectivity index (χ1) is 17.1. The lowest BCUT2D eigenvalue weighted by molar-refractivity contribution is -0.135. The number of carbonyl (C=O) groups excluding carboxylic acids is 1. The molecule has 0 N–H and O–H groups in total. The van der Waals surface area contributed by atoms with Crippen LogP contribution in [0.15, 0.2) is 65.8 Å². The molecule has 1 atom stereocenters. The number of aryl methyl sites for hydroxylation is 1. The first-order valence-electron chi connectivity index (χ1n) is 12.8. The third-order valence-electron chi connectivity index (χ3n) is 7.74. The average Bonchev–Trinajstić information content (AvgIpc) is 3.29. The summed E-state index contributed by atoms with van der Waals surface area (Å²) in [4.78, 5) is 27.1. The second-order valence-electron chi connectivity index (χ2n) is 10.2. The van der Waals surface area contributed by atoms with Crippen LogP contribution in [-0.4, -0.2) is 52.1 Å². The Morgan fingerprint density at radius 1 is 1.03 bits per heavy atom. The molecule has 3 aliphatic heterocycles. The van der Waals surface area contributed by atoms with Crippen molar-refractivity contribution < 1.29 is 4.79 Å². The molecule has 1 amide bonds. The second-order valence-corrected chi connectivity index (χ2v) is 10.2. The van der Waals surface area contributed by atoms with Gasteiger partial charge in [0.05, 0.1) is 18.7 Å². The zero-order valence-electron chi connectivity index (χ0n) is 20.4. The summed E-state index contributed by atoms with van der Waals surface area (Å²) in [7, 11) is 0. The van der Waals surface area contributed by atoms with Gasteiger partial charge in [-0.05, 0) is 73.2 Å². The van der Waals surface area contributed by atoms with Gasteiger partial charge in [0.15, 0.2) is 0 Å². The summed E-state index contributed by atoms with van der Waals surface area (Å²) in [5.74, 6) is 0.274. The summed E-state index contributed by atoms with van der Waals surface area (Å²) in [5, 5.41) is 0. The Morgan fingerprint density at radius 3 is 2.77 bits per heavy atom. The van der Waals surface area contributed by atoms with Crippen molar-refractivity contribution in [1.82, 2.24) is 14.8 Å². The number of aromatic nitrogens is 1. The zero-order valence-corrected chi connectivity index (χ0v) is 20.4. The predicted octanol–water partition coefficient (Wildman–Crippen LogP) is 4.33. The average molecular weight is 465 g/mol. The van der Waals surface area contributed by atoms with Crippen molar-refractivity contribution >= 4 is 11.6 Å². The standard InChI is InChI=1S/C30H32N4O/c1-21-14-23(9-11-31-21)30-28-16-26-19-34(29(35)17-24(26)15-25(28)18-32-30)27-8-5-12-33(20-27)13-10-22-6-3-2-4-7-22/h2-4,6-7,9,11,14-16,27H,5,8,10,12-13,17-20H2,1H3/t27-/m1/s1. The van der Waals surface area contributed by atoms with Gasteiger partial charge in [-0.3, -0.25) is 14.8 Å². The zero-order chi connectivity index (χ0) is 23.8. The number of carbonyl (C=O) groups is 1. The van der Waals surface area contributed by atoms with Crippen molar-refractivity contribution in [3.8, 4) is 0 Å². The lowest BCUT2D eigenvalue weighted by Crippen LogP contribution is -2.52. The van der Waals surface area contributed by atoms with E-state index in [2.05, 4.69) is 63.3 Å². The van der Waals surface area contributed by atoms with Crippen molar-refractivity contribution in [2.24, 2.45) is 4.99 Å². The summed E-state index contributed by atoms with van der Waals surface area (Å²) in [6.45, 7) is 6.57. The SMILES string of the molecule is Cc1cc(C2=NCc3cc4c(cc32)CN([C@@H]2CCCN(CCc3ccccc3)C2)C(=O)C4)ccn1. The lowest BCUT2D eigenvalue weighted by atomic mass is 9.90. The van der Waals surface area contributed by atoms with Crippen molar-refractivity contribution in [1.29, 1.82) is 0 Å². The van der Waals surface area contributed by atoms with E-state index >= 15 is 0 Å². The van der Waals surface area contributed by atoms with Gasteiger partial charge in [-0.15, -0.1) is 0 Å². The van der Waals surface area contributed by atoms with Crippen molar-refractivity contribution in [3.63, 3.8) is 0 Å². The maximum atomic E-state index is 13.2. The van der Waals surface area contributed by atoms with Gasteiger partial charge >= 0.3 is 0 Å². The summed E-state index contributed by atoms with van der Waals surface area (Å²) < 4.78 is 0. The molecular formula is C30H32N4O. The van der Waals surface area contributed by atoms with Crippen LogP contribution in [0.1, 0.15) is 51.9 Å². The van der Waals surface area contributed by atoms with Crippen LogP contribution in [0.3, 0.4) is 0 Å². The molecule has 1 saturated heterocycles. The highest BCUT2D eigenvalue weighted by Crippen LogP contribution is 2.31. The Labute approximate surface area is 207 Å². The Hall–Kier alpha value is -3.31. The molecule has 0 bridgehead atoms. The highest BCUT2D eigenvalue weighted by Gasteiger charge is 2.33. The number of rotatable bonds is 5. The molecule has 1 aromatic heterocycles. The molecule has 2 aromatic carbocycles. The number of likely N-dealkylation sites (tertiary alicyclic amines) is 1. The molecule has 0 spiro atoms. The first-order valence-corrected chi connectivity index (χ1v) is 12.8. The molecule has 1 fully saturated rings. The van der Waals surface area contributed by atoms with Crippen LogP contribution in [-0.2, 0) is 30.7 Å². The largest absolute Gasteiger partial charge is 0.334 e. The van der Waals surface area contributed by atoms with Crippen LogP contribution in [0.2, 0.25) is 0 Å². The van der Waals surface area contributed by atoms with Gasteiger partial charge < -0.3 is 9.80 Å². The highest BCUT2D eigenvalue weighted by molar-refractivity contribution is 6.15. The molecule has 3 aliphatic rings. The summed E-state index contributed by atoms with van der Waals surface area (Å²) in [5.41, 5.74) is 9.49. The van der Waals surface area contributed by atoms with Gasteiger partial charge in [0.2, 0.25) is 5.91 Å². The number of piperidine rings is 1. The lowest BCUT2D eigenvalue weighted by Gasteiger charge is -2.41. The summed E-state index contributed by atoms with van der Waals surface area (Å²) in [6, 6.07) is 19.7. The molecule has 0 saturated carbocycles. The molecule has 5 heteroatoms. The third kappa shape index (κ3) is 4.53. The molecule has 0 unspecified atom stereocenters. The molecule has 3 aromatic rings. The monoisotopic (exact) mass is 464 g/mol. The van der Waals surface area contributed by atoms with E-state index in [1.807, 2.05) is 19.2 Å². The molecule has 4 heterocycles. The van der Waals surface area contributed by atoms with Crippen LogP contribution >= 0.6 is 0 Å². The summed E-state index contributed by atoms with van der Waals surface area (Å²) in [6.07, 6.45) is 5.67. The Bertz CT molecular complexity index is 1280. The maximum absolute atomic E-state index is 13.2. The Balaban J connectivity index is 1.19. The van der Waals surface area contributed by atoms with Gasteiger partial charge in [0.1, 0.15) is 0 Å². The van der Waals surface area contributed by atoms with Gasteiger partial charge in [-0.1, -0.05) is 36.4 Å². The van der Waals surface area contributed by atoms with E-state index in [9.17, 15) is 4.79 Å². The number of fused-ring (bicyclic) bond motifs is 2. The third-order valence-corrected chi connectivity index (χ3v) is 7.74. The van der Waals surface area contributed by atoms with E-state index < -0.39 is 0 Å².